The zero-order chi connectivity index (χ0) is 34.9. The lowest BCUT2D eigenvalue weighted by atomic mass is 9.96. The molecule has 4 amide bonds. The van der Waals surface area contributed by atoms with Gasteiger partial charge in [-0.1, -0.05) is 74.5 Å². The first kappa shape index (κ1) is 38.4. The molecule has 0 fully saturated rings. The molecule has 260 valence electrons. The molecular formula is C35H48N6O5S2. The van der Waals surface area contributed by atoms with Crippen LogP contribution in [0.15, 0.2) is 77.1 Å². The molecular weight excluding hydrogens is 649 g/mol. The van der Waals surface area contributed by atoms with Crippen molar-refractivity contribution in [3.63, 3.8) is 0 Å². The number of hydrogen-bond donors (Lipinski definition) is 5. The van der Waals surface area contributed by atoms with Crippen molar-refractivity contribution >= 4 is 42.0 Å². The molecule has 5 N–H and O–H groups in total. The molecule has 1 heterocycles. The van der Waals surface area contributed by atoms with Crippen LogP contribution >= 0.6 is 24.0 Å². The Hall–Kier alpha value is -4.07. The highest BCUT2D eigenvalue weighted by molar-refractivity contribution is 7.84. The number of urea groups is 1. The lowest BCUT2D eigenvalue weighted by molar-refractivity contribution is -0.125. The molecule has 48 heavy (non-hydrogen) atoms. The van der Waals surface area contributed by atoms with E-state index in [9.17, 15) is 14.4 Å². The van der Waals surface area contributed by atoms with Gasteiger partial charge in [-0.2, -0.15) is 0 Å². The summed E-state index contributed by atoms with van der Waals surface area (Å²) in [5.74, 6) is -0.0584. The van der Waals surface area contributed by atoms with Gasteiger partial charge in [-0.25, -0.2) is 14.6 Å². The normalized spacial score (nSPS) is 13.3. The number of hydrogen-bond acceptors (Lipinski definition) is 9. The molecule has 2 aromatic carbocycles. The lowest BCUT2D eigenvalue weighted by Crippen LogP contribution is -2.54. The van der Waals surface area contributed by atoms with Gasteiger partial charge in [0.05, 0.1) is 23.9 Å². The SMILES string of the molecule is COCC(NC(=O)N(C)Cc1csc(C(C)C)n1)C(=O)NC(CCC(Cc1ccccc1)NC(=O)OC/C(S)=C/N)Cc1ccccc1. The monoisotopic (exact) mass is 696 g/mol. The standard InChI is InChI=1S/C35H48N6O5S2/c1-24(2)33-38-29(23-48-33)20-41(3)34(43)40-31(22-45-4)32(42)37-27(17-25-11-7-5-8-12-25)15-16-28(18-26-13-9-6-10-14-26)39-35(44)46-21-30(47)19-36/h5-14,19,23-24,27-28,31,47H,15-18,20-22,36H2,1-4H3,(H,37,42)(H,39,44)(H,40,43)/b30-19-. The van der Waals surface area contributed by atoms with Gasteiger partial charge in [0.1, 0.15) is 12.6 Å². The first-order chi connectivity index (χ1) is 23.1. The molecule has 0 saturated carbocycles. The Morgan fingerprint density at radius 2 is 1.54 bits per heavy atom. The number of carbonyl (C=O) groups excluding carboxylic acids is 3. The highest BCUT2D eigenvalue weighted by atomic mass is 32.1. The number of thiol groups is 1. The van der Waals surface area contributed by atoms with Gasteiger partial charge in [-0.3, -0.25) is 4.79 Å². The topological polar surface area (TPSA) is 148 Å². The summed E-state index contributed by atoms with van der Waals surface area (Å²) in [6.45, 7) is 4.41. The summed E-state index contributed by atoms with van der Waals surface area (Å²) in [5.41, 5.74) is 8.33. The maximum absolute atomic E-state index is 13.7. The summed E-state index contributed by atoms with van der Waals surface area (Å²) in [5, 5.41) is 11.9. The van der Waals surface area contributed by atoms with E-state index in [4.69, 9.17) is 15.2 Å². The van der Waals surface area contributed by atoms with Crippen LogP contribution in [0.2, 0.25) is 0 Å². The van der Waals surface area contributed by atoms with Crippen LogP contribution in [0.1, 0.15) is 54.4 Å². The third kappa shape index (κ3) is 13.6. The van der Waals surface area contributed by atoms with Crippen molar-refractivity contribution in [2.45, 2.75) is 70.1 Å². The number of aromatic nitrogens is 1. The number of ether oxygens (including phenoxy) is 2. The molecule has 13 heteroatoms. The van der Waals surface area contributed by atoms with Crippen LogP contribution in [-0.4, -0.2) is 73.4 Å². The van der Waals surface area contributed by atoms with Crippen LogP contribution < -0.4 is 21.7 Å². The van der Waals surface area contributed by atoms with Crippen LogP contribution in [0.25, 0.3) is 0 Å². The minimum absolute atomic E-state index is 0.00786. The molecule has 0 aliphatic heterocycles. The molecule has 0 spiro atoms. The van der Waals surface area contributed by atoms with E-state index < -0.39 is 18.2 Å². The van der Waals surface area contributed by atoms with Crippen LogP contribution in [-0.2, 0) is 33.7 Å². The quantitative estimate of drug-likeness (QED) is 0.118. The molecule has 0 radical (unpaired) electrons. The molecule has 3 aromatic rings. The van der Waals surface area contributed by atoms with Gasteiger partial charge in [-0.05, 0) is 36.8 Å². The van der Waals surface area contributed by atoms with Crippen molar-refractivity contribution in [1.29, 1.82) is 0 Å². The molecule has 3 rings (SSSR count). The van der Waals surface area contributed by atoms with Gasteiger partial charge in [0.15, 0.2) is 0 Å². The van der Waals surface area contributed by atoms with Gasteiger partial charge in [0, 0.05) is 48.6 Å². The van der Waals surface area contributed by atoms with Gasteiger partial charge < -0.3 is 36.1 Å². The third-order valence-corrected chi connectivity index (χ3v) is 8.95. The number of amides is 4. The highest BCUT2D eigenvalue weighted by Crippen LogP contribution is 2.20. The zero-order valence-corrected chi connectivity index (χ0v) is 29.8. The lowest BCUT2D eigenvalue weighted by Gasteiger charge is -2.27. The summed E-state index contributed by atoms with van der Waals surface area (Å²) in [7, 11) is 3.15. The van der Waals surface area contributed by atoms with E-state index in [1.165, 1.54) is 18.2 Å². The van der Waals surface area contributed by atoms with E-state index in [0.29, 0.717) is 43.1 Å². The summed E-state index contributed by atoms with van der Waals surface area (Å²) in [6, 6.07) is 17.7. The van der Waals surface area contributed by atoms with Crippen molar-refractivity contribution in [2.75, 3.05) is 27.4 Å². The van der Waals surface area contributed by atoms with Crippen molar-refractivity contribution < 1.29 is 23.9 Å². The van der Waals surface area contributed by atoms with Gasteiger partial charge >= 0.3 is 12.1 Å². The molecule has 0 aliphatic carbocycles. The van der Waals surface area contributed by atoms with Gasteiger partial charge in [0.2, 0.25) is 5.91 Å². The third-order valence-electron chi connectivity index (χ3n) is 7.48. The highest BCUT2D eigenvalue weighted by Gasteiger charge is 2.26. The smallest absolute Gasteiger partial charge is 0.407 e. The summed E-state index contributed by atoms with van der Waals surface area (Å²) in [4.78, 5) is 46.0. The van der Waals surface area contributed by atoms with Crippen LogP contribution in [0.3, 0.4) is 0 Å². The largest absolute Gasteiger partial charge is 0.444 e. The number of carbonyl (C=O) groups is 3. The number of nitrogens with zero attached hydrogens (tertiary/aromatic N) is 2. The first-order valence-electron chi connectivity index (χ1n) is 15.9. The Labute approximate surface area is 293 Å². The summed E-state index contributed by atoms with van der Waals surface area (Å²) >= 11 is 5.73. The minimum atomic E-state index is -0.927. The van der Waals surface area contributed by atoms with Crippen molar-refractivity contribution in [1.82, 2.24) is 25.8 Å². The Kier molecular flexibility index (Phi) is 16.3. The van der Waals surface area contributed by atoms with Crippen LogP contribution in [0.4, 0.5) is 9.59 Å². The fourth-order valence-electron chi connectivity index (χ4n) is 4.93. The van der Waals surface area contributed by atoms with Gasteiger partial charge in [0.25, 0.3) is 0 Å². The average Bonchev–Trinajstić information content (AvgIpc) is 3.55. The summed E-state index contributed by atoms with van der Waals surface area (Å²) < 4.78 is 10.6. The van der Waals surface area contributed by atoms with E-state index in [0.717, 1.165) is 21.8 Å². The Balaban J connectivity index is 1.71. The number of thiazole rings is 1. The van der Waals surface area contributed by atoms with Crippen LogP contribution in [0, 0.1) is 0 Å². The number of rotatable bonds is 18. The Bertz CT molecular complexity index is 1450. The van der Waals surface area contributed by atoms with Gasteiger partial charge in [-0.15, -0.1) is 24.0 Å². The maximum atomic E-state index is 13.7. The zero-order valence-electron chi connectivity index (χ0n) is 28.1. The Morgan fingerprint density at radius 1 is 0.958 bits per heavy atom. The molecule has 0 saturated heterocycles. The molecule has 3 unspecified atom stereocenters. The van der Waals surface area contributed by atoms with E-state index >= 15 is 0 Å². The first-order valence-corrected chi connectivity index (χ1v) is 17.3. The number of alkyl carbamates (subject to hydrolysis) is 1. The molecule has 0 aliphatic rings. The predicted molar refractivity (Wildman–Crippen MR) is 193 cm³/mol. The molecule has 0 bridgehead atoms. The van der Waals surface area contributed by atoms with Crippen molar-refractivity contribution in [2.24, 2.45) is 5.73 Å². The average molecular weight is 697 g/mol. The fourth-order valence-corrected chi connectivity index (χ4v) is 5.82. The van der Waals surface area contributed by atoms with E-state index in [1.54, 1.807) is 18.4 Å². The predicted octanol–water partition coefficient (Wildman–Crippen LogP) is 5.00. The van der Waals surface area contributed by atoms with Crippen molar-refractivity contribution in [3.8, 4) is 0 Å². The number of benzene rings is 2. The van der Waals surface area contributed by atoms with E-state index in [2.05, 4.69) is 47.4 Å². The van der Waals surface area contributed by atoms with E-state index in [-0.39, 0.29) is 31.2 Å². The second-order valence-corrected chi connectivity index (χ2v) is 13.3. The minimum Gasteiger partial charge on any atom is -0.444 e. The number of methoxy groups -OCH3 is 1. The number of nitrogens with one attached hydrogen (secondary N) is 3. The summed E-state index contributed by atoms with van der Waals surface area (Å²) in [6.07, 6.45) is 2.88. The fraction of sp³-hybridized carbons (Fsp3) is 0.429. The molecule has 11 nitrogen and oxygen atoms in total. The molecule has 1 aromatic heterocycles. The number of nitrogens with two attached hydrogens (primary N) is 1. The van der Waals surface area contributed by atoms with E-state index in [1.807, 2.05) is 66.0 Å². The second kappa shape index (κ2) is 20.3. The molecule has 3 atom stereocenters. The second-order valence-electron chi connectivity index (χ2n) is 11.9. The Morgan fingerprint density at radius 3 is 2.06 bits per heavy atom. The van der Waals surface area contributed by atoms with Crippen molar-refractivity contribution in [3.05, 3.63) is 99.0 Å². The maximum Gasteiger partial charge on any atom is 0.407 e. The van der Waals surface area contributed by atoms with Crippen LogP contribution in [0.5, 0.6) is 0 Å².